The highest BCUT2D eigenvalue weighted by Gasteiger charge is 2.24. The topological polar surface area (TPSA) is 49.8 Å². The van der Waals surface area contributed by atoms with Gasteiger partial charge in [0.05, 0.1) is 0 Å². The van der Waals surface area contributed by atoms with Crippen molar-refractivity contribution in [1.29, 1.82) is 0 Å². The van der Waals surface area contributed by atoms with Crippen molar-refractivity contribution < 1.29 is 14.6 Å². The van der Waals surface area contributed by atoms with Crippen molar-refractivity contribution in [3.05, 3.63) is 89.5 Å². The Labute approximate surface area is 177 Å². The van der Waals surface area contributed by atoms with E-state index in [9.17, 15) is 4.79 Å². The van der Waals surface area contributed by atoms with E-state index < -0.39 is 5.97 Å². The zero-order valence-corrected chi connectivity index (χ0v) is 17.3. The molecule has 1 aliphatic rings. The monoisotopic (exact) mass is 401 g/mol. The lowest BCUT2D eigenvalue weighted by atomic mass is 9.95. The fraction of sp³-hybridized carbons (Fsp3) is 0.269. The summed E-state index contributed by atoms with van der Waals surface area (Å²) >= 11 is 0. The van der Waals surface area contributed by atoms with Crippen LogP contribution < -0.4 is 9.64 Å². The molecule has 0 radical (unpaired) electrons. The van der Waals surface area contributed by atoms with Crippen LogP contribution in [0.25, 0.3) is 0 Å². The van der Waals surface area contributed by atoms with Crippen LogP contribution in [0, 0.1) is 0 Å². The number of ether oxygens (including phenoxy) is 1. The fourth-order valence-electron chi connectivity index (χ4n) is 4.05. The summed E-state index contributed by atoms with van der Waals surface area (Å²) in [7, 11) is 0. The van der Waals surface area contributed by atoms with E-state index in [1.54, 1.807) is 0 Å². The number of carbonyl (C=O) groups is 1. The Morgan fingerprint density at radius 2 is 1.83 bits per heavy atom. The molecule has 4 rings (SSSR count). The predicted octanol–water partition coefficient (Wildman–Crippen LogP) is 5.76. The van der Waals surface area contributed by atoms with E-state index in [2.05, 4.69) is 60.4 Å². The molecule has 3 aromatic carbocycles. The fourth-order valence-corrected chi connectivity index (χ4v) is 4.05. The molecule has 0 aliphatic carbocycles. The number of anilines is 2. The van der Waals surface area contributed by atoms with E-state index in [0.717, 1.165) is 29.7 Å². The van der Waals surface area contributed by atoms with Crippen molar-refractivity contribution >= 4 is 17.3 Å². The molecule has 1 N–H and O–H groups in total. The van der Waals surface area contributed by atoms with Gasteiger partial charge in [0.15, 0.2) is 0 Å². The number of nitrogens with zero attached hydrogens (tertiary/aromatic N) is 1. The van der Waals surface area contributed by atoms with Gasteiger partial charge < -0.3 is 14.7 Å². The van der Waals surface area contributed by atoms with Crippen molar-refractivity contribution in [3.8, 4) is 5.75 Å². The Balaban J connectivity index is 1.45. The van der Waals surface area contributed by atoms with Crippen molar-refractivity contribution in [1.82, 2.24) is 0 Å². The number of carboxylic acid groups (broad SMARTS) is 1. The summed E-state index contributed by atoms with van der Waals surface area (Å²) in [4.78, 5) is 13.1. The summed E-state index contributed by atoms with van der Waals surface area (Å²) in [6.07, 6.45) is 2.95. The molecule has 3 aromatic rings. The Morgan fingerprint density at radius 1 is 1.03 bits per heavy atom. The number of carboxylic acids is 1. The average molecular weight is 402 g/mol. The lowest BCUT2D eigenvalue weighted by molar-refractivity contribution is -0.136. The van der Waals surface area contributed by atoms with Gasteiger partial charge in [0.25, 0.3) is 0 Å². The zero-order chi connectivity index (χ0) is 20.9. The molecule has 4 nitrogen and oxygen atoms in total. The Hall–Kier alpha value is -3.27. The van der Waals surface area contributed by atoms with Gasteiger partial charge in [-0.25, -0.2) is 0 Å². The first-order valence-corrected chi connectivity index (χ1v) is 10.5. The number of hydrogen-bond acceptors (Lipinski definition) is 3. The molecule has 1 atom stereocenters. The van der Waals surface area contributed by atoms with Crippen LogP contribution in [0.4, 0.5) is 11.4 Å². The van der Waals surface area contributed by atoms with Crippen molar-refractivity contribution in [2.75, 3.05) is 4.90 Å². The highest BCUT2D eigenvalue weighted by Crippen LogP contribution is 2.37. The molecule has 154 valence electrons. The number of para-hydroxylation sites is 1. The molecular weight excluding hydrogens is 374 g/mol. The summed E-state index contributed by atoms with van der Waals surface area (Å²) < 4.78 is 5.98. The Bertz CT molecular complexity index is 1010. The molecule has 1 unspecified atom stereocenters. The molecule has 30 heavy (non-hydrogen) atoms. The average Bonchev–Trinajstić information content (AvgIpc) is 2.77. The molecule has 0 saturated heterocycles. The highest BCUT2D eigenvalue weighted by molar-refractivity contribution is 5.69. The van der Waals surface area contributed by atoms with Crippen LogP contribution in [0.5, 0.6) is 5.75 Å². The first kappa shape index (κ1) is 20.0. The van der Waals surface area contributed by atoms with Gasteiger partial charge in [-0.15, -0.1) is 0 Å². The molecule has 4 heteroatoms. The third-order valence-corrected chi connectivity index (χ3v) is 5.67. The van der Waals surface area contributed by atoms with E-state index in [1.165, 1.54) is 16.9 Å². The van der Waals surface area contributed by atoms with E-state index in [1.807, 2.05) is 24.3 Å². The van der Waals surface area contributed by atoms with Crippen LogP contribution in [0.3, 0.4) is 0 Å². The molecule has 0 amide bonds. The standard InChI is InChI=1S/C26H27NO3/c1-19-9-13-22-6-2-3-8-25(22)27(19)23-7-4-5-21(17-23)18-30-24-14-10-20(11-15-24)12-16-26(28)29/h2-8,10-11,14-15,17,19H,9,12-13,16,18H2,1H3,(H,28,29). The van der Waals surface area contributed by atoms with Crippen molar-refractivity contribution in [2.45, 2.75) is 45.3 Å². The largest absolute Gasteiger partial charge is 0.489 e. The van der Waals surface area contributed by atoms with Gasteiger partial charge in [-0.2, -0.15) is 0 Å². The number of rotatable bonds is 7. The molecule has 1 aliphatic heterocycles. The minimum atomic E-state index is -0.777. The molecule has 0 bridgehead atoms. The van der Waals surface area contributed by atoms with Gasteiger partial charge in [0, 0.05) is 23.8 Å². The quantitative estimate of drug-likeness (QED) is 0.547. The summed E-state index contributed by atoms with van der Waals surface area (Å²) in [5.74, 6) is 0.0111. The first-order valence-electron chi connectivity index (χ1n) is 10.5. The number of fused-ring (bicyclic) bond motifs is 1. The second kappa shape index (κ2) is 9.04. The molecule has 1 heterocycles. The summed E-state index contributed by atoms with van der Waals surface area (Å²) in [5.41, 5.74) is 6.02. The summed E-state index contributed by atoms with van der Waals surface area (Å²) in [5, 5.41) is 8.80. The highest BCUT2D eigenvalue weighted by atomic mass is 16.5. The van der Waals surface area contributed by atoms with Crippen LogP contribution in [-0.4, -0.2) is 17.1 Å². The van der Waals surface area contributed by atoms with Crippen LogP contribution in [-0.2, 0) is 24.2 Å². The normalized spacial score (nSPS) is 15.5. The third-order valence-electron chi connectivity index (χ3n) is 5.67. The summed E-state index contributed by atoms with van der Waals surface area (Å²) in [6, 6.07) is 25.3. The van der Waals surface area contributed by atoms with E-state index in [0.29, 0.717) is 19.1 Å². The van der Waals surface area contributed by atoms with Crippen molar-refractivity contribution in [3.63, 3.8) is 0 Å². The number of benzene rings is 3. The number of aryl methyl sites for hydroxylation is 2. The van der Waals surface area contributed by atoms with E-state index in [4.69, 9.17) is 9.84 Å². The minimum absolute atomic E-state index is 0.144. The third kappa shape index (κ3) is 4.65. The van der Waals surface area contributed by atoms with Gasteiger partial charge in [0.2, 0.25) is 0 Å². The maximum atomic E-state index is 10.7. The Kier molecular flexibility index (Phi) is 6.03. The van der Waals surface area contributed by atoms with Crippen LogP contribution in [0.15, 0.2) is 72.8 Å². The van der Waals surface area contributed by atoms with Gasteiger partial charge in [0.1, 0.15) is 12.4 Å². The smallest absolute Gasteiger partial charge is 0.303 e. The molecule has 0 spiro atoms. The van der Waals surface area contributed by atoms with Crippen LogP contribution >= 0.6 is 0 Å². The lowest BCUT2D eigenvalue weighted by Crippen LogP contribution is -2.33. The van der Waals surface area contributed by atoms with Gasteiger partial charge in [-0.05, 0) is 73.2 Å². The maximum absolute atomic E-state index is 10.7. The molecule has 0 aromatic heterocycles. The molecule has 0 fully saturated rings. The van der Waals surface area contributed by atoms with Crippen LogP contribution in [0.1, 0.15) is 36.5 Å². The predicted molar refractivity (Wildman–Crippen MR) is 120 cm³/mol. The van der Waals surface area contributed by atoms with Crippen LogP contribution in [0.2, 0.25) is 0 Å². The second-order valence-corrected chi connectivity index (χ2v) is 7.88. The van der Waals surface area contributed by atoms with Crippen molar-refractivity contribution in [2.24, 2.45) is 0 Å². The molecular formula is C26H27NO3. The molecule has 0 saturated carbocycles. The van der Waals surface area contributed by atoms with E-state index >= 15 is 0 Å². The van der Waals surface area contributed by atoms with E-state index in [-0.39, 0.29) is 6.42 Å². The Morgan fingerprint density at radius 3 is 2.63 bits per heavy atom. The van der Waals surface area contributed by atoms with Gasteiger partial charge in [-0.1, -0.05) is 42.5 Å². The number of hydrogen-bond donors (Lipinski definition) is 1. The summed E-state index contributed by atoms with van der Waals surface area (Å²) in [6.45, 7) is 2.78. The van der Waals surface area contributed by atoms with Gasteiger partial charge >= 0.3 is 5.97 Å². The minimum Gasteiger partial charge on any atom is -0.489 e. The second-order valence-electron chi connectivity index (χ2n) is 7.88. The maximum Gasteiger partial charge on any atom is 0.303 e. The zero-order valence-electron chi connectivity index (χ0n) is 17.3. The van der Waals surface area contributed by atoms with Gasteiger partial charge in [-0.3, -0.25) is 4.79 Å². The SMILES string of the molecule is CC1CCc2ccccc2N1c1cccc(COc2ccc(CCC(=O)O)cc2)c1. The number of aliphatic carboxylic acids is 1. The lowest BCUT2D eigenvalue weighted by Gasteiger charge is -2.37. The first-order chi connectivity index (χ1) is 14.6.